The molecule has 0 radical (unpaired) electrons. The van der Waals surface area contributed by atoms with E-state index in [4.69, 9.17) is 4.74 Å². The maximum absolute atomic E-state index is 4.95. The lowest BCUT2D eigenvalue weighted by Crippen LogP contribution is -3.03. The number of ether oxygens (including phenoxy) is 1. The highest BCUT2D eigenvalue weighted by atomic mass is 16.5. The van der Waals surface area contributed by atoms with Gasteiger partial charge in [-0.2, -0.15) is 0 Å². The highest BCUT2D eigenvalue weighted by Gasteiger charge is 2.10. The number of quaternary nitrogens is 1. The van der Waals surface area contributed by atoms with Crippen molar-refractivity contribution in [3.63, 3.8) is 0 Å². The number of nitrogens with zero attached hydrogens (tertiary/aromatic N) is 1. The van der Waals surface area contributed by atoms with Crippen LogP contribution in [0.2, 0.25) is 0 Å². The zero-order valence-corrected chi connectivity index (χ0v) is 6.63. The summed E-state index contributed by atoms with van der Waals surface area (Å²) in [6, 6.07) is 0. The Balaban J connectivity index is 2.14. The van der Waals surface area contributed by atoms with E-state index in [9.17, 15) is 0 Å². The smallest absolute Gasteiger partial charge is 0.156 e. The molecule has 58 valence electrons. The first-order chi connectivity index (χ1) is 4.83. The molecule has 0 saturated heterocycles. The molecule has 0 aliphatic carbocycles. The van der Waals surface area contributed by atoms with Crippen molar-refractivity contribution < 1.29 is 9.64 Å². The lowest BCUT2D eigenvalue weighted by Gasteiger charge is -2.13. The molecular weight excluding hydrogens is 128 g/mol. The molecule has 0 aromatic heterocycles. The summed E-state index contributed by atoms with van der Waals surface area (Å²) in [4.78, 5) is 3.68. The van der Waals surface area contributed by atoms with Gasteiger partial charge in [0, 0.05) is 13.7 Å². The van der Waals surface area contributed by atoms with Gasteiger partial charge in [0.05, 0.1) is 19.9 Å². The standard InChI is InChI=1S/C7H14N2O/c1-8-3-4-9(7-8)5-6-10-2/h3-4H,5-7H2,1-2H3/p+1. The van der Waals surface area contributed by atoms with E-state index >= 15 is 0 Å². The highest BCUT2D eigenvalue weighted by molar-refractivity contribution is 4.76. The van der Waals surface area contributed by atoms with Crippen LogP contribution in [-0.2, 0) is 4.74 Å². The van der Waals surface area contributed by atoms with Gasteiger partial charge in [-0.3, -0.25) is 4.90 Å². The quantitative estimate of drug-likeness (QED) is 0.539. The summed E-state index contributed by atoms with van der Waals surface area (Å²) < 4.78 is 4.95. The fraction of sp³-hybridized carbons (Fsp3) is 0.714. The normalized spacial score (nSPS) is 24.2. The minimum Gasteiger partial charge on any atom is -0.383 e. The number of rotatable bonds is 3. The Morgan fingerprint density at radius 3 is 3.00 bits per heavy atom. The van der Waals surface area contributed by atoms with Gasteiger partial charge < -0.3 is 9.64 Å². The molecule has 1 rings (SSSR count). The Kier molecular flexibility index (Phi) is 2.71. The van der Waals surface area contributed by atoms with E-state index in [0.717, 1.165) is 19.8 Å². The third-order valence-corrected chi connectivity index (χ3v) is 1.60. The molecule has 1 aliphatic heterocycles. The lowest BCUT2D eigenvalue weighted by molar-refractivity contribution is -0.826. The molecule has 1 heterocycles. The van der Waals surface area contributed by atoms with Crippen molar-refractivity contribution in [2.75, 3.05) is 34.0 Å². The second-order valence-electron chi connectivity index (χ2n) is 2.63. The predicted octanol–water partition coefficient (Wildman–Crippen LogP) is -1.11. The van der Waals surface area contributed by atoms with Crippen LogP contribution in [-0.4, -0.2) is 38.9 Å². The maximum atomic E-state index is 4.95. The van der Waals surface area contributed by atoms with E-state index in [2.05, 4.69) is 24.3 Å². The minimum absolute atomic E-state index is 0.817. The molecule has 0 aromatic carbocycles. The Bertz CT molecular complexity index is 125. The van der Waals surface area contributed by atoms with Crippen LogP contribution in [0.3, 0.4) is 0 Å². The molecule has 0 saturated carbocycles. The average molecular weight is 143 g/mol. The molecule has 0 bridgehead atoms. The summed E-state index contributed by atoms with van der Waals surface area (Å²) in [5.74, 6) is 0. The van der Waals surface area contributed by atoms with Gasteiger partial charge in [-0.25, -0.2) is 0 Å². The van der Waals surface area contributed by atoms with Crippen LogP contribution in [0.25, 0.3) is 0 Å². The lowest BCUT2D eigenvalue weighted by atomic mass is 10.6. The van der Waals surface area contributed by atoms with Gasteiger partial charge in [0.1, 0.15) is 6.20 Å². The number of hydrogen-bond donors (Lipinski definition) is 1. The van der Waals surface area contributed by atoms with Crippen LogP contribution in [0.5, 0.6) is 0 Å². The summed E-state index contributed by atoms with van der Waals surface area (Å²) in [6.07, 6.45) is 4.27. The van der Waals surface area contributed by atoms with E-state index in [1.807, 2.05) is 0 Å². The topological polar surface area (TPSA) is 16.9 Å². The van der Waals surface area contributed by atoms with Crippen molar-refractivity contribution >= 4 is 0 Å². The molecule has 0 spiro atoms. The molecular formula is C7H15N2O+. The molecule has 1 aliphatic rings. The Labute approximate surface area is 61.9 Å². The Hall–Kier alpha value is -0.540. The first-order valence-corrected chi connectivity index (χ1v) is 3.56. The summed E-state index contributed by atoms with van der Waals surface area (Å²) in [6.45, 7) is 2.89. The third-order valence-electron chi connectivity index (χ3n) is 1.60. The van der Waals surface area contributed by atoms with Crippen LogP contribution >= 0.6 is 0 Å². The maximum Gasteiger partial charge on any atom is 0.156 e. The zero-order chi connectivity index (χ0) is 7.40. The monoisotopic (exact) mass is 143 g/mol. The average Bonchev–Trinajstić information content (AvgIpc) is 2.31. The Morgan fingerprint density at radius 1 is 1.70 bits per heavy atom. The van der Waals surface area contributed by atoms with Gasteiger partial charge >= 0.3 is 0 Å². The molecule has 10 heavy (non-hydrogen) atoms. The molecule has 1 N–H and O–H groups in total. The van der Waals surface area contributed by atoms with Gasteiger partial charge in [-0.15, -0.1) is 0 Å². The number of methoxy groups -OCH3 is 1. The van der Waals surface area contributed by atoms with Crippen LogP contribution < -0.4 is 4.90 Å². The first-order valence-electron chi connectivity index (χ1n) is 3.56. The zero-order valence-electron chi connectivity index (χ0n) is 6.63. The largest absolute Gasteiger partial charge is 0.383 e. The SMILES string of the molecule is COCCN1C=C[NH+](C)C1. The number of nitrogens with one attached hydrogen (secondary N) is 1. The van der Waals surface area contributed by atoms with Gasteiger partial charge in [0.25, 0.3) is 0 Å². The van der Waals surface area contributed by atoms with E-state index in [0.29, 0.717) is 0 Å². The van der Waals surface area contributed by atoms with Gasteiger partial charge in [0.15, 0.2) is 6.67 Å². The van der Waals surface area contributed by atoms with E-state index < -0.39 is 0 Å². The summed E-state index contributed by atoms with van der Waals surface area (Å²) >= 11 is 0. The van der Waals surface area contributed by atoms with Crippen molar-refractivity contribution in [1.82, 2.24) is 4.90 Å². The van der Waals surface area contributed by atoms with Crippen LogP contribution in [0, 0.1) is 0 Å². The van der Waals surface area contributed by atoms with Crippen LogP contribution in [0.1, 0.15) is 0 Å². The Morgan fingerprint density at radius 2 is 2.50 bits per heavy atom. The summed E-state index contributed by atoms with van der Waals surface area (Å²) in [7, 11) is 3.87. The predicted molar refractivity (Wildman–Crippen MR) is 39.5 cm³/mol. The first kappa shape index (κ1) is 7.57. The molecule has 0 fully saturated rings. The summed E-state index contributed by atoms with van der Waals surface area (Å²) in [5.41, 5.74) is 0. The van der Waals surface area contributed by atoms with Crippen molar-refractivity contribution in [3.05, 3.63) is 12.4 Å². The van der Waals surface area contributed by atoms with Crippen molar-refractivity contribution in [2.24, 2.45) is 0 Å². The molecule has 0 amide bonds. The third kappa shape index (κ3) is 2.01. The van der Waals surface area contributed by atoms with Crippen LogP contribution in [0.4, 0.5) is 0 Å². The van der Waals surface area contributed by atoms with Crippen LogP contribution in [0.15, 0.2) is 12.4 Å². The number of hydrogen-bond acceptors (Lipinski definition) is 2. The van der Waals surface area contributed by atoms with Gasteiger partial charge in [0.2, 0.25) is 0 Å². The van der Waals surface area contributed by atoms with Gasteiger partial charge in [-0.05, 0) is 0 Å². The summed E-state index contributed by atoms with van der Waals surface area (Å²) in [5, 5.41) is 0. The van der Waals surface area contributed by atoms with Gasteiger partial charge in [-0.1, -0.05) is 0 Å². The molecule has 3 nitrogen and oxygen atoms in total. The second kappa shape index (κ2) is 3.58. The fourth-order valence-corrected chi connectivity index (χ4v) is 1.02. The van der Waals surface area contributed by atoms with Crippen molar-refractivity contribution in [3.8, 4) is 0 Å². The van der Waals surface area contributed by atoms with E-state index in [1.54, 1.807) is 7.11 Å². The molecule has 1 atom stereocenters. The molecule has 1 unspecified atom stereocenters. The fourth-order valence-electron chi connectivity index (χ4n) is 1.02. The van der Waals surface area contributed by atoms with E-state index in [-0.39, 0.29) is 0 Å². The van der Waals surface area contributed by atoms with E-state index in [1.165, 1.54) is 4.90 Å². The highest BCUT2D eigenvalue weighted by Crippen LogP contribution is 1.88. The van der Waals surface area contributed by atoms with Crippen molar-refractivity contribution in [2.45, 2.75) is 0 Å². The van der Waals surface area contributed by atoms with Crippen molar-refractivity contribution in [1.29, 1.82) is 0 Å². The minimum atomic E-state index is 0.817. The molecule has 0 aromatic rings. The second-order valence-corrected chi connectivity index (χ2v) is 2.63. The molecule has 3 heteroatoms.